The molecule has 1 unspecified atom stereocenters. The van der Waals surface area contributed by atoms with Crippen molar-refractivity contribution < 1.29 is 9.59 Å². The minimum Gasteiger partial charge on any atom is -0.368 e. The Morgan fingerprint density at radius 3 is 2.58 bits per heavy atom. The molecule has 1 aromatic carbocycles. The molecule has 1 atom stereocenters. The Hall–Kier alpha value is -4.33. The number of carbonyl (C=O) groups excluding carboxylic acids is 2. The summed E-state index contributed by atoms with van der Waals surface area (Å²) in [7, 11) is 1.54. The van der Waals surface area contributed by atoms with Crippen molar-refractivity contribution >= 4 is 34.1 Å². The van der Waals surface area contributed by atoms with E-state index < -0.39 is 22.6 Å². The fourth-order valence-electron chi connectivity index (χ4n) is 6.68. The van der Waals surface area contributed by atoms with Crippen LogP contribution in [0.3, 0.4) is 0 Å². The number of benzene rings is 1. The van der Waals surface area contributed by atoms with Crippen molar-refractivity contribution in [3.63, 3.8) is 0 Å². The fourth-order valence-corrected chi connectivity index (χ4v) is 6.68. The van der Waals surface area contributed by atoms with E-state index in [9.17, 15) is 9.59 Å². The monoisotopic (exact) mass is 534 g/mol. The minimum absolute atomic E-state index is 0.133. The van der Waals surface area contributed by atoms with Crippen molar-refractivity contribution in [1.29, 1.82) is 0 Å². The quantitative estimate of drug-likeness (QED) is 0.333. The standard InChI is InChI=1S/C32H34N6O2/c1-5-7-24-23(11-12-32(27(33)39,28(40)34-4)30(24,2)3)21-17-36-29-37-18-26(38(29)19-21)31(13-14-31)22-9-10-25-20(16-22)8-6-15-35-25/h6,8-12,15-19H,5,7,13-14H2,1-4H3,(H2,33,39)(H,34,40). The first-order valence-corrected chi connectivity index (χ1v) is 13.8. The maximum Gasteiger partial charge on any atom is 0.240 e. The molecule has 0 bridgehead atoms. The van der Waals surface area contributed by atoms with Crippen LogP contribution >= 0.6 is 0 Å². The number of imidazole rings is 1. The number of nitrogens with two attached hydrogens (primary N) is 1. The molecule has 0 aliphatic heterocycles. The van der Waals surface area contributed by atoms with Crippen LogP contribution in [-0.4, -0.2) is 38.2 Å². The molecule has 1 saturated carbocycles. The molecule has 2 aliphatic rings. The number of primary amides is 1. The lowest BCUT2D eigenvalue weighted by Gasteiger charge is -2.46. The first kappa shape index (κ1) is 25.9. The highest BCUT2D eigenvalue weighted by atomic mass is 16.2. The number of amides is 2. The SMILES string of the molecule is CCCC1=C(c2cnc3ncc(C4(c5ccc6ncccc6c5)CC4)n3c2)C=CC(C(N)=O)(C(=O)NC)C1(C)C. The highest BCUT2D eigenvalue weighted by Crippen LogP contribution is 2.55. The van der Waals surface area contributed by atoms with E-state index in [2.05, 4.69) is 57.1 Å². The van der Waals surface area contributed by atoms with E-state index in [-0.39, 0.29) is 5.41 Å². The number of nitrogens with one attached hydrogen (secondary N) is 1. The van der Waals surface area contributed by atoms with Crippen LogP contribution in [0.4, 0.5) is 0 Å². The molecule has 1 fully saturated rings. The van der Waals surface area contributed by atoms with E-state index in [0.717, 1.165) is 52.6 Å². The van der Waals surface area contributed by atoms with Crippen LogP contribution in [0, 0.1) is 10.8 Å². The van der Waals surface area contributed by atoms with Crippen molar-refractivity contribution in [2.45, 2.75) is 51.9 Å². The fraction of sp³-hybridized carbons (Fsp3) is 0.344. The molecule has 2 amide bonds. The second kappa shape index (κ2) is 9.11. The van der Waals surface area contributed by atoms with Crippen LogP contribution in [-0.2, 0) is 15.0 Å². The predicted octanol–water partition coefficient (Wildman–Crippen LogP) is 4.72. The van der Waals surface area contributed by atoms with Gasteiger partial charge in [-0.3, -0.25) is 19.0 Å². The minimum atomic E-state index is -1.49. The second-order valence-electron chi connectivity index (χ2n) is 11.5. The topological polar surface area (TPSA) is 115 Å². The predicted molar refractivity (Wildman–Crippen MR) is 155 cm³/mol. The molecule has 204 valence electrons. The lowest BCUT2D eigenvalue weighted by molar-refractivity contribution is -0.143. The summed E-state index contributed by atoms with van der Waals surface area (Å²) in [4.78, 5) is 39.9. The zero-order valence-corrected chi connectivity index (χ0v) is 23.4. The van der Waals surface area contributed by atoms with Crippen molar-refractivity contribution in [2.75, 3.05) is 7.05 Å². The summed E-state index contributed by atoms with van der Waals surface area (Å²) in [6.45, 7) is 5.96. The molecular weight excluding hydrogens is 500 g/mol. The van der Waals surface area contributed by atoms with Crippen molar-refractivity contribution in [1.82, 2.24) is 24.7 Å². The van der Waals surface area contributed by atoms with Crippen LogP contribution < -0.4 is 11.1 Å². The van der Waals surface area contributed by atoms with Crippen LogP contribution in [0.1, 0.15) is 63.3 Å². The zero-order chi connectivity index (χ0) is 28.3. The highest BCUT2D eigenvalue weighted by molar-refractivity contribution is 6.09. The van der Waals surface area contributed by atoms with Gasteiger partial charge in [0.1, 0.15) is 0 Å². The second-order valence-corrected chi connectivity index (χ2v) is 11.5. The Kier molecular flexibility index (Phi) is 5.91. The molecule has 0 radical (unpaired) electrons. The first-order valence-electron chi connectivity index (χ1n) is 13.8. The van der Waals surface area contributed by atoms with E-state index in [1.807, 2.05) is 44.6 Å². The Morgan fingerprint density at radius 1 is 1.10 bits per heavy atom. The van der Waals surface area contributed by atoms with E-state index in [4.69, 9.17) is 10.7 Å². The number of hydrogen-bond donors (Lipinski definition) is 2. The van der Waals surface area contributed by atoms with Gasteiger partial charge in [-0.05, 0) is 48.6 Å². The molecule has 40 heavy (non-hydrogen) atoms. The molecule has 8 nitrogen and oxygen atoms in total. The van der Waals surface area contributed by atoms with E-state index in [1.165, 1.54) is 12.6 Å². The smallest absolute Gasteiger partial charge is 0.240 e. The summed E-state index contributed by atoms with van der Waals surface area (Å²) in [6.07, 6.45) is 14.8. The van der Waals surface area contributed by atoms with Gasteiger partial charge in [0.25, 0.3) is 0 Å². The molecule has 3 aromatic heterocycles. The molecule has 4 aromatic rings. The van der Waals surface area contributed by atoms with E-state index in [0.29, 0.717) is 12.2 Å². The van der Waals surface area contributed by atoms with Gasteiger partial charge in [0.05, 0.1) is 17.4 Å². The summed E-state index contributed by atoms with van der Waals surface area (Å²) in [5.41, 5.74) is 9.67. The van der Waals surface area contributed by atoms with Crippen molar-refractivity contribution in [3.05, 3.63) is 89.7 Å². The van der Waals surface area contributed by atoms with E-state index in [1.54, 1.807) is 6.08 Å². The molecule has 0 saturated heterocycles. The van der Waals surface area contributed by atoms with Crippen LogP contribution in [0.5, 0.6) is 0 Å². The Balaban J connectivity index is 1.49. The number of pyridine rings is 1. The Labute approximate surface area is 233 Å². The summed E-state index contributed by atoms with van der Waals surface area (Å²) in [6, 6.07) is 10.6. The summed E-state index contributed by atoms with van der Waals surface area (Å²) >= 11 is 0. The third-order valence-electron chi connectivity index (χ3n) is 9.11. The molecule has 3 N–H and O–H groups in total. The van der Waals surface area contributed by atoms with Crippen LogP contribution in [0.25, 0.3) is 22.3 Å². The molecule has 3 heterocycles. The third-order valence-corrected chi connectivity index (χ3v) is 9.11. The number of allylic oxidation sites excluding steroid dienone is 3. The number of hydrogen-bond acceptors (Lipinski definition) is 5. The lowest BCUT2D eigenvalue weighted by Crippen LogP contribution is -2.57. The van der Waals surface area contributed by atoms with E-state index >= 15 is 0 Å². The van der Waals surface area contributed by atoms with Gasteiger partial charge in [0.2, 0.25) is 17.6 Å². The summed E-state index contributed by atoms with van der Waals surface area (Å²) in [5, 5.41) is 3.79. The molecule has 2 aliphatic carbocycles. The number of nitrogens with zero attached hydrogens (tertiary/aromatic N) is 4. The van der Waals surface area contributed by atoms with Gasteiger partial charge < -0.3 is 11.1 Å². The van der Waals surface area contributed by atoms with Gasteiger partial charge in [-0.1, -0.05) is 57.0 Å². The Morgan fingerprint density at radius 2 is 1.88 bits per heavy atom. The molecule has 0 spiro atoms. The van der Waals surface area contributed by atoms with Crippen LogP contribution in [0.2, 0.25) is 0 Å². The zero-order valence-electron chi connectivity index (χ0n) is 23.4. The summed E-state index contributed by atoms with van der Waals surface area (Å²) in [5.74, 6) is -0.422. The van der Waals surface area contributed by atoms with Gasteiger partial charge in [0.15, 0.2) is 5.41 Å². The number of fused-ring (bicyclic) bond motifs is 2. The Bertz CT molecular complexity index is 1740. The molecule has 6 rings (SSSR count). The number of aromatic nitrogens is 4. The lowest BCUT2D eigenvalue weighted by atomic mass is 9.56. The third kappa shape index (κ3) is 3.55. The first-order chi connectivity index (χ1) is 19.2. The average molecular weight is 535 g/mol. The van der Waals surface area contributed by atoms with Gasteiger partial charge in [-0.2, -0.15) is 0 Å². The van der Waals surface area contributed by atoms with Crippen molar-refractivity contribution in [2.24, 2.45) is 16.6 Å². The number of rotatable bonds is 7. The van der Waals surface area contributed by atoms with Gasteiger partial charge in [-0.25, -0.2) is 9.97 Å². The van der Waals surface area contributed by atoms with Crippen molar-refractivity contribution in [3.8, 4) is 0 Å². The summed E-state index contributed by atoms with van der Waals surface area (Å²) < 4.78 is 2.10. The average Bonchev–Trinajstić information content (AvgIpc) is 3.65. The largest absolute Gasteiger partial charge is 0.368 e. The number of carbonyl (C=O) groups is 2. The van der Waals surface area contributed by atoms with Crippen LogP contribution in [0.15, 0.2) is 72.8 Å². The van der Waals surface area contributed by atoms with Gasteiger partial charge in [0, 0.05) is 47.4 Å². The maximum atomic E-state index is 13.1. The van der Waals surface area contributed by atoms with Gasteiger partial charge >= 0.3 is 0 Å². The van der Waals surface area contributed by atoms with Gasteiger partial charge in [-0.15, -0.1) is 0 Å². The normalized spacial score (nSPS) is 21.1. The highest BCUT2D eigenvalue weighted by Gasteiger charge is 2.57. The maximum absolute atomic E-state index is 13.1. The molecular formula is C32H34N6O2. The molecule has 8 heteroatoms.